The van der Waals surface area contributed by atoms with E-state index < -0.39 is 4.92 Å². The van der Waals surface area contributed by atoms with E-state index in [0.29, 0.717) is 25.9 Å². The highest BCUT2D eigenvalue weighted by Gasteiger charge is 2.26. The molecule has 0 fully saturated rings. The summed E-state index contributed by atoms with van der Waals surface area (Å²) in [6.45, 7) is 3.04. The summed E-state index contributed by atoms with van der Waals surface area (Å²) in [5, 5.41) is 10.8. The van der Waals surface area contributed by atoms with Crippen molar-refractivity contribution in [2.75, 3.05) is 18.0 Å². The van der Waals surface area contributed by atoms with Gasteiger partial charge in [0.25, 0.3) is 5.69 Å². The number of hydrogen-bond acceptors (Lipinski definition) is 4. The molecule has 1 amide bonds. The molecule has 1 aromatic carbocycles. The van der Waals surface area contributed by atoms with E-state index in [1.165, 1.54) is 6.07 Å². The van der Waals surface area contributed by atoms with Gasteiger partial charge in [-0.2, -0.15) is 0 Å². The first kappa shape index (κ1) is 13.5. The van der Waals surface area contributed by atoms with Gasteiger partial charge in [0.05, 0.1) is 4.92 Å². The number of hydrogen-bond donors (Lipinski definition) is 1. The summed E-state index contributed by atoms with van der Waals surface area (Å²) >= 11 is 0. The Hall–Kier alpha value is -1.95. The minimum Gasteiger partial charge on any atom is -0.330 e. The molecule has 6 nitrogen and oxygen atoms in total. The minimum atomic E-state index is -0.413. The van der Waals surface area contributed by atoms with Crippen LogP contribution in [0.3, 0.4) is 0 Å². The number of nitrogens with two attached hydrogens (primary N) is 1. The summed E-state index contributed by atoms with van der Waals surface area (Å²) in [6, 6.07) is 4.66. The number of fused-ring (bicyclic) bond motifs is 1. The third-order valence-electron chi connectivity index (χ3n) is 3.37. The predicted molar refractivity (Wildman–Crippen MR) is 72.0 cm³/mol. The summed E-state index contributed by atoms with van der Waals surface area (Å²) in [6.07, 6.45) is 0.953. The fourth-order valence-electron chi connectivity index (χ4n) is 2.25. The average Bonchev–Trinajstić information content (AvgIpc) is 2.41. The summed E-state index contributed by atoms with van der Waals surface area (Å²) in [4.78, 5) is 24.0. The van der Waals surface area contributed by atoms with E-state index in [1.54, 1.807) is 17.0 Å². The standard InChI is InChI=1S/C13H17N3O3/c1-9(7-14)8-15-12-4-3-11(16(18)19)6-10(12)2-5-13(15)17/h3-4,6,9H,2,5,7-8,14H2,1H3. The number of non-ortho nitro benzene ring substituents is 1. The van der Waals surface area contributed by atoms with Crippen molar-refractivity contribution in [1.82, 2.24) is 0 Å². The molecule has 1 unspecified atom stereocenters. The number of amides is 1. The van der Waals surface area contributed by atoms with Crippen molar-refractivity contribution in [1.29, 1.82) is 0 Å². The highest BCUT2D eigenvalue weighted by atomic mass is 16.6. The molecule has 0 saturated carbocycles. The number of nitro groups is 1. The van der Waals surface area contributed by atoms with Crippen molar-refractivity contribution < 1.29 is 9.72 Å². The molecule has 0 bridgehead atoms. The molecule has 1 aliphatic heterocycles. The van der Waals surface area contributed by atoms with Crippen LogP contribution in [0, 0.1) is 16.0 Å². The van der Waals surface area contributed by atoms with Gasteiger partial charge in [0.2, 0.25) is 5.91 Å². The molecule has 19 heavy (non-hydrogen) atoms. The van der Waals surface area contributed by atoms with E-state index >= 15 is 0 Å². The van der Waals surface area contributed by atoms with Crippen molar-refractivity contribution in [3.05, 3.63) is 33.9 Å². The highest BCUT2D eigenvalue weighted by molar-refractivity contribution is 5.96. The van der Waals surface area contributed by atoms with Crippen molar-refractivity contribution in [3.63, 3.8) is 0 Å². The van der Waals surface area contributed by atoms with E-state index in [2.05, 4.69) is 0 Å². The lowest BCUT2D eigenvalue weighted by molar-refractivity contribution is -0.384. The second-order valence-corrected chi connectivity index (χ2v) is 4.92. The van der Waals surface area contributed by atoms with Gasteiger partial charge in [-0.15, -0.1) is 0 Å². The fourth-order valence-corrected chi connectivity index (χ4v) is 2.25. The molecule has 6 heteroatoms. The quantitative estimate of drug-likeness (QED) is 0.658. The normalized spacial score (nSPS) is 16.1. The molecule has 0 spiro atoms. The Morgan fingerprint density at radius 3 is 2.84 bits per heavy atom. The van der Waals surface area contributed by atoms with Crippen LogP contribution in [0.1, 0.15) is 18.9 Å². The summed E-state index contributed by atoms with van der Waals surface area (Å²) < 4.78 is 0. The third-order valence-corrected chi connectivity index (χ3v) is 3.37. The molecule has 2 N–H and O–H groups in total. The summed E-state index contributed by atoms with van der Waals surface area (Å²) in [5.41, 5.74) is 7.30. The maximum Gasteiger partial charge on any atom is 0.269 e. The average molecular weight is 263 g/mol. The molecule has 102 valence electrons. The lowest BCUT2D eigenvalue weighted by Gasteiger charge is -2.31. The van der Waals surface area contributed by atoms with Crippen LogP contribution in [0.15, 0.2) is 18.2 Å². The van der Waals surface area contributed by atoms with E-state index in [-0.39, 0.29) is 17.5 Å². The maximum absolute atomic E-state index is 12.0. The van der Waals surface area contributed by atoms with Gasteiger partial charge in [0.15, 0.2) is 0 Å². The van der Waals surface area contributed by atoms with Crippen molar-refractivity contribution in [2.24, 2.45) is 11.7 Å². The van der Waals surface area contributed by atoms with Gasteiger partial charge in [-0.25, -0.2) is 0 Å². The van der Waals surface area contributed by atoms with Crippen LogP contribution in [-0.4, -0.2) is 23.9 Å². The summed E-state index contributed by atoms with van der Waals surface area (Å²) in [5.74, 6) is 0.256. The first-order chi connectivity index (χ1) is 9.02. The highest BCUT2D eigenvalue weighted by Crippen LogP contribution is 2.31. The van der Waals surface area contributed by atoms with Crippen LogP contribution >= 0.6 is 0 Å². The number of rotatable bonds is 4. The molecule has 1 heterocycles. The maximum atomic E-state index is 12.0. The summed E-state index contributed by atoms with van der Waals surface area (Å²) in [7, 11) is 0. The zero-order valence-electron chi connectivity index (χ0n) is 10.8. The largest absolute Gasteiger partial charge is 0.330 e. The minimum absolute atomic E-state index is 0.0571. The Kier molecular flexibility index (Phi) is 3.80. The van der Waals surface area contributed by atoms with Gasteiger partial charge in [-0.3, -0.25) is 14.9 Å². The van der Waals surface area contributed by atoms with Gasteiger partial charge < -0.3 is 10.6 Å². The van der Waals surface area contributed by atoms with E-state index in [9.17, 15) is 14.9 Å². The Morgan fingerprint density at radius 2 is 2.21 bits per heavy atom. The van der Waals surface area contributed by atoms with Crippen molar-refractivity contribution >= 4 is 17.3 Å². The zero-order chi connectivity index (χ0) is 14.0. The molecule has 1 atom stereocenters. The Morgan fingerprint density at radius 1 is 1.47 bits per heavy atom. The number of carbonyl (C=O) groups is 1. The molecule has 0 aromatic heterocycles. The van der Waals surface area contributed by atoms with Crippen LogP contribution in [0.25, 0.3) is 0 Å². The topological polar surface area (TPSA) is 89.5 Å². The van der Waals surface area contributed by atoms with Gasteiger partial charge >= 0.3 is 0 Å². The molecular formula is C13H17N3O3. The lowest BCUT2D eigenvalue weighted by Crippen LogP contribution is -2.39. The molecule has 1 aliphatic rings. The smallest absolute Gasteiger partial charge is 0.269 e. The van der Waals surface area contributed by atoms with Crippen LogP contribution in [0.2, 0.25) is 0 Å². The Balaban J connectivity index is 2.33. The zero-order valence-corrected chi connectivity index (χ0v) is 10.8. The number of aryl methyl sites for hydroxylation is 1. The monoisotopic (exact) mass is 263 g/mol. The van der Waals surface area contributed by atoms with Crippen LogP contribution in [0.5, 0.6) is 0 Å². The van der Waals surface area contributed by atoms with Crippen molar-refractivity contribution in [3.8, 4) is 0 Å². The van der Waals surface area contributed by atoms with E-state index in [4.69, 9.17) is 5.73 Å². The van der Waals surface area contributed by atoms with E-state index in [0.717, 1.165) is 11.3 Å². The Labute approximate surface area is 111 Å². The first-order valence-corrected chi connectivity index (χ1v) is 6.30. The number of carbonyl (C=O) groups excluding carboxylic acids is 1. The Bertz CT molecular complexity index is 516. The number of nitro benzene ring substituents is 1. The van der Waals surface area contributed by atoms with Crippen LogP contribution < -0.4 is 10.6 Å². The van der Waals surface area contributed by atoms with Crippen LogP contribution in [-0.2, 0) is 11.2 Å². The van der Waals surface area contributed by atoms with Gasteiger partial charge in [-0.1, -0.05) is 6.92 Å². The van der Waals surface area contributed by atoms with Gasteiger partial charge in [0, 0.05) is 30.8 Å². The SMILES string of the molecule is CC(CN)CN1C(=O)CCc2cc([N+](=O)[O-])ccc21. The lowest BCUT2D eigenvalue weighted by atomic mass is 9.99. The molecule has 0 saturated heterocycles. The molecule has 1 aromatic rings. The number of benzene rings is 1. The van der Waals surface area contributed by atoms with E-state index in [1.807, 2.05) is 6.92 Å². The second-order valence-electron chi connectivity index (χ2n) is 4.92. The number of nitrogens with zero attached hydrogens (tertiary/aromatic N) is 2. The first-order valence-electron chi connectivity index (χ1n) is 6.30. The predicted octanol–water partition coefficient (Wildman–Crippen LogP) is 1.47. The van der Waals surface area contributed by atoms with Crippen molar-refractivity contribution in [2.45, 2.75) is 19.8 Å². The van der Waals surface area contributed by atoms with Gasteiger partial charge in [0.1, 0.15) is 0 Å². The second kappa shape index (κ2) is 5.36. The molecular weight excluding hydrogens is 246 g/mol. The molecule has 2 rings (SSSR count). The third kappa shape index (κ3) is 2.73. The number of anilines is 1. The molecule has 0 aliphatic carbocycles. The molecule has 0 radical (unpaired) electrons. The fraction of sp³-hybridized carbons (Fsp3) is 0.462. The van der Waals surface area contributed by atoms with Gasteiger partial charge in [-0.05, 0) is 30.5 Å². The van der Waals surface area contributed by atoms with Crippen LogP contribution in [0.4, 0.5) is 11.4 Å².